The lowest BCUT2D eigenvalue weighted by molar-refractivity contribution is -0.141. The number of carboxylic acid groups (broad SMARTS) is 2. The number of rotatable bonds is 5. The van der Waals surface area contributed by atoms with Crippen molar-refractivity contribution >= 4 is 18.0 Å². The quantitative estimate of drug-likeness (QED) is 0.571. The van der Waals surface area contributed by atoms with Crippen molar-refractivity contribution in [2.24, 2.45) is 0 Å². The molecule has 3 N–H and O–H groups in total. The van der Waals surface area contributed by atoms with Gasteiger partial charge in [-0.25, -0.2) is 4.79 Å². The topological polar surface area (TPSA) is 128 Å². The van der Waals surface area contributed by atoms with E-state index in [1.165, 1.54) is 4.90 Å². The molecule has 0 bridgehead atoms. The number of urea groups is 1. The van der Waals surface area contributed by atoms with Crippen molar-refractivity contribution in [3.8, 4) is 0 Å². The summed E-state index contributed by atoms with van der Waals surface area (Å²) < 4.78 is 5.36. The van der Waals surface area contributed by atoms with E-state index in [4.69, 9.17) is 20.1 Å². The molecular weight excluding hydrogens is 272 g/mol. The maximum Gasteiger partial charge on any atom is 0.323 e. The van der Waals surface area contributed by atoms with Crippen LogP contribution in [0.1, 0.15) is 6.92 Å². The second kappa shape index (κ2) is 7.06. The molecule has 0 spiro atoms. The average molecular weight is 290 g/mol. The van der Waals surface area contributed by atoms with Crippen LogP contribution in [0.4, 0.5) is 4.79 Å². The molecule has 0 aromatic carbocycles. The van der Waals surface area contributed by atoms with E-state index in [9.17, 15) is 14.4 Å². The van der Waals surface area contributed by atoms with Crippen molar-refractivity contribution in [1.82, 2.24) is 9.80 Å². The summed E-state index contributed by atoms with van der Waals surface area (Å²) >= 11 is 0. The molecule has 1 heterocycles. The molecule has 0 radical (unpaired) electrons. The smallest absolute Gasteiger partial charge is 0.323 e. The first-order chi connectivity index (χ1) is 9.33. The third kappa shape index (κ3) is 4.67. The van der Waals surface area contributed by atoms with Crippen LogP contribution in [0.2, 0.25) is 0 Å². The summed E-state index contributed by atoms with van der Waals surface area (Å²) in [5.74, 6) is -2.58. The summed E-state index contributed by atoms with van der Waals surface area (Å²) in [6.07, 6.45) is -0.874. The Morgan fingerprint density at radius 3 is 2.20 bits per heavy atom. The Balaban J connectivity index is 2.76. The Morgan fingerprint density at radius 2 is 1.75 bits per heavy atom. The van der Waals surface area contributed by atoms with Gasteiger partial charge < -0.3 is 29.9 Å². The molecule has 20 heavy (non-hydrogen) atoms. The number of amides is 2. The highest BCUT2D eigenvalue weighted by Crippen LogP contribution is 2.13. The standard InChI is InChI=1S/C11H18N2O7/c1-7-2-12(3-8(6-14)20-7)11(19)13(4-9(15)16)5-10(17)18/h7-8,14H,2-6H2,1H3,(H,15,16)(H,17,18). The highest BCUT2D eigenvalue weighted by atomic mass is 16.5. The second-order valence-corrected chi connectivity index (χ2v) is 4.58. The summed E-state index contributed by atoms with van der Waals surface area (Å²) in [7, 11) is 0. The van der Waals surface area contributed by atoms with Crippen LogP contribution >= 0.6 is 0 Å². The molecule has 1 saturated heterocycles. The Labute approximate surface area is 115 Å². The summed E-state index contributed by atoms with van der Waals surface area (Å²) in [6.45, 7) is 0.356. The van der Waals surface area contributed by atoms with Gasteiger partial charge in [-0.3, -0.25) is 9.59 Å². The highest BCUT2D eigenvalue weighted by molar-refractivity contribution is 5.84. The van der Waals surface area contributed by atoms with E-state index in [0.29, 0.717) is 0 Å². The van der Waals surface area contributed by atoms with E-state index in [-0.39, 0.29) is 25.8 Å². The van der Waals surface area contributed by atoms with Crippen molar-refractivity contribution in [3.05, 3.63) is 0 Å². The lowest BCUT2D eigenvalue weighted by atomic mass is 10.2. The van der Waals surface area contributed by atoms with Crippen LogP contribution in [0.25, 0.3) is 0 Å². The summed E-state index contributed by atoms with van der Waals surface area (Å²) in [4.78, 5) is 35.6. The number of carboxylic acids is 2. The molecule has 1 fully saturated rings. The Kier molecular flexibility index (Phi) is 5.71. The largest absolute Gasteiger partial charge is 0.480 e. The average Bonchev–Trinajstić information content (AvgIpc) is 2.35. The highest BCUT2D eigenvalue weighted by Gasteiger charge is 2.32. The van der Waals surface area contributed by atoms with Crippen molar-refractivity contribution in [2.45, 2.75) is 19.1 Å². The van der Waals surface area contributed by atoms with Crippen LogP contribution in [0.5, 0.6) is 0 Å². The fourth-order valence-corrected chi connectivity index (χ4v) is 2.02. The van der Waals surface area contributed by atoms with Gasteiger partial charge in [0.25, 0.3) is 0 Å². The second-order valence-electron chi connectivity index (χ2n) is 4.58. The zero-order valence-electron chi connectivity index (χ0n) is 11.1. The fraction of sp³-hybridized carbons (Fsp3) is 0.727. The SMILES string of the molecule is CC1CN(C(=O)N(CC(=O)O)CC(=O)O)CC(CO)O1. The minimum Gasteiger partial charge on any atom is -0.480 e. The van der Waals surface area contributed by atoms with Gasteiger partial charge >= 0.3 is 18.0 Å². The van der Waals surface area contributed by atoms with Crippen molar-refractivity contribution < 1.29 is 34.4 Å². The van der Waals surface area contributed by atoms with Gasteiger partial charge in [0.15, 0.2) is 0 Å². The van der Waals surface area contributed by atoms with Gasteiger partial charge in [0.1, 0.15) is 13.1 Å². The molecule has 9 heteroatoms. The number of hydrogen-bond acceptors (Lipinski definition) is 5. The van der Waals surface area contributed by atoms with Crippen LogP contribution in [0.3, 0.4) is 0 Å². The maximum atomic E-state index is 12.2. The van der Waals surface area contributed by atoms with E-state index < -0.39 is 37.2 Å². The van der Waals surface area contributed by atoms with E-state index in [1.54, 1.807) is 6.92 Å². The number of ether oxygens (including phenoxy) is 1. The Hall–Kier alpha value is -1.87. The first-order valence-corrected chi connectivity index (χ1v) is 6.07. The molecule has 1 aliphatic rings. The molecule has 114 valence electrons. The van der Waals surface area contributed by atoms with Gasteiger partial charge in [0.2, 0.25) is 0 Å². The van der Waals surface area contributed by atoms with E-state index in [1.807, 2.05) is 0 Å². The summed E-state index contributed by atoms with van der Waals surface area (Å²) in [5, 5.41) is 26.5. The van der Waals surface area contributed by atoms with Gasteiger partial charge in [0.05, 0.1) is 25.4 Å². The third-order valence-electron chi connectivity index (χ3n) is 2.72. The zero-order valence-corrected chi connectivity index (χ0v) is 11.1. The maximum absolute atomic E-state index is 12.2. The molecule has 1 aliphatic heterocycles. The molecule has 2 amide bonds. The number of aliphatic hydroxyl groups excluding tert-OH is 1. The fourth-order valence-electron chi connectivity index (χ4n) is 2.02. The number of aliphatic carboxylic acids is 2. The molecule has 2 atom stereocenters. The molecular formula is C11H18N2O7. The monoisotopic (exact) mass is 290 g/mol. The predicted octanol–water partition coefficient (Wildman–Crippen LogP) is -1.34. The number of carbonyl (C=O) groups is 3. The lowest BCUT2D eigenvalue weighted by Gasteiger charge is -2.38. The van der Waals surface area contributed by atoms with E-state index >= 15 is 0 Å². The van der Waals surface area contributed by atoms with Crippen molar-refractivity contribution in [2.75, 3.05) is 32.8 Å². The molecule has 1 rings (SSSR count). The Morgan fingerprint density at radius 1 is 1.20 bits per heavy atom. The minimum absolute atomic E-state index is 0.0927. The van der Waals surface area contributed by atoms with Gasteiger partial charge in [-0.2, -0.15) is 0 Å². The molecule has 9 nitrogen and oxygen atoms in total. The molecule has 0 saturated carbocycles. The van der Waals surface area contributed by atoms with Crippen LogP contribution in [0.15, 0.2) is 0 Å². The lowest BCUT2D eigenvalue weighted by Crippen LogP contribution is -2.55. The number of nitrogens with zero attached hydrogens (tertiary/aromatic N) is 2. The van der Waals surface area contributed by atoms with Crippen LogP contribution in [0, 0.1) is 0 Å². The Bertz CT molecular complexity index is 371. The summed E-state index contributed by atoms with van der Waals surface area (Å²) in [5.41, 5.74) is 0. The van der Waals surface area contributed by atoms with Gasteiger partial charge in [-0.05, 0) is 6.92 Å². The zero-order chi connectivity index (χ0) is 15.3. The van der Waals surface area contributed by atoms with E-state index in [0.717, 1.165) is 4.90 Å². The van der Waals surface area contributed by atoms with E-state index in [2.05, 4.69) is 0 Å². The third-order valence-corrected chi connectivity index (χ3v) is 2.72. The molecule has 2 unspecified atom stereocenters. The first kappa shape index (κ1) is 16.2. The molecule has 0 aliphatic carbocycles. The molecule has 0 aromatic rings. The number of hydrogen-bond donors (Lipinski definition) is 3. The van der Waals surface area contributed by atoms with Crippen molar-refractivity contribution in [1.29, 1.82) is 0 Å². The predicted molar refractivity (Wildman–Crippen MR) is 65.2 cm³/mol. The molecule has 0 aromatic heterocycles. The number of morpholine rings is 1. The normalized spacial score (nSPS) is 22.4. The van der Waals surface area contributed by atoms with Crippen molar-refractivity contribution in [3.63, 3.8) is 0 Å². The van der Waals surface area contributed by atoms with Crippen LogP contribution in [-0.4, -0.2) is 88.1 Å². The number of carbonyl (C=O) groups excluding carboxylic acids is 1. The first-order valence-electron chi connectivity index (χ1n) is 6.07. The van der Waals surface area contributed by atoms with Gasteiger partial charge in [-0.1, -0.05) is 0 Å². The summed E-state index contributed by atoms with van der Waals surface area (Å²) in [6, 6.07) is -0.691. The number of aliphatic hydroxyl groups is 1. The van der Waals surface area contributed by atoms with Gasteiger partial charge in [0, 0.05) is 6.54 Å². The van der Waals surface area contributed by atoms with Crippen LogP contribution < -0.4 is 0 Å². The van der Waals surface area contributed by atoms with Gasteiger partial charge in [-0.15, -0.1) is 0 Å². The minimum atomic E-state index is -1.29. The van der Waals surface area contributed by atoms with Crippen LogP contribution in [-0.2, 0) is 14.3 Å².